The molecule has 1 aliphatic heterocycles. The molecule has 0 bridgehead atoms. The quantitative estimate of drug-likeness (QED) is 0.530. The number of nitrogens with zero attached hydrogens (tertiary/aromatic N) is 2. The van der Waals surface area contributed by atoms with Crippen LogP contribution < -0.4 is 5.32 Å². The van der Waals surface area contributed by atoms with Crippen LogP contribution in [0.1, 0.15) is 67.0 Å². The maximum atomic E-state index is 13.1. The second kappa shape index (κ2) is 8.74. The van der Waals surface area contributed by atoms with Gasteiger partial charge in [0.25, 0.3) is 5.91 Å². The van der Waals surface area contributed by atoms with Crippen LogP contribution >= 0.6 is 0 Å². The average molecular weight is 406 g/mol. The number of nitrogens with one attached hydrogen (secondary N) is 1. The second-order valence-corrected chi connectivity index (χ2v) is 14.3. The van der Waals surface area contributed by atoms with Gasteiger partial charge >= 0.3 is 6.03 Å². The van der Waals surface area contributed by atoms with Crippen LogP contribution in [0.15, 0.2) is 24.5 Å². The molecule has 1 aliphatic rings. The minimum Gasteiger partial charge on any atom is -0.402 e. The highest BCUT2D eigenvalue weighted by Gasteiger charge is 2.57. The fourth-order valence-electron chi connectivity index (χ4n) is 4.63. The molecule has 156 valence electrons. The zero-order chi connectivity index (χ0) is 21.2. The highest BCUT2D eigenvalue weighted by atomic mass is 28.4. The summed E-state index contributed by atoms with van der Waals surface area (Å²) in [6.45, 7) is 16.9. The molecule has 1 aromatic heterocycles. The Kier molecular flexibility index (Phi) is 7.04. The van der Waals surface area contributed by atoms with Crippen molar-refractivity contribution in [1.82, 2.24) is 15.2 Å². The lowest BCUT2D eigenvalue weighted by Gasteiger charge is -2.52. The Balaban J connectivity index is 2.42. The van der Waals surface area contributed by atoms with E-state index in [-0.39, 0.29) is 18.0 Å². The van der Waals surface area contributed by atoms with Crippen molar-refractivity contribution >= 4 is 20.3 Å². The van der Waals surface area contributed by atoms with Gasteiger partial charge in [0, 0.05) is 18.4 Å². The topological polar surface area (TPSA) is 71.5 Å². The third-order valence-electron chi connectivity index (χ3n) is 5.76. The van der Waals surface area contributed by atoms with Crippen molar-refractivity contribution in [2.24, 2.45) is 0 Å². The molecule has 0 saturated carbocycles. The van der Waals surface area contributed by atoms with Crippen LogP contribution in [0.25, 0.3) is 0 Å². The first-order valence-electron chi connectivity index (χ1n) is 10.2. The predicted octanol–water partition coefficient (Wildman–Crippen LogP) is 4.64. The molecule has 0 radical (unpaired) electrons. The van der Waals surface area contributed by atoms with Crippen molar-refractivity contribution in [3.8, 4) is 0 Å². The van der Waals surface area contributed by atoms with E-state index in [1.165, 1.54) is 4.90 Å². The maximum absolute atomic E-state index is 13.1. The first-order valence-corrected chi connectivity index (χ1v) is 12.4. The summed E-state index contributed by atoms with van der Waals surface area (Å²) < 4.78 is 6.77. The molecule has 28 heavy (non-hydrogen) atoms. The van der Waals surface area contributed by atoms with Gasteiger partial charge in [0.2, 0.25) is 8.32 Å². The van der Waals surface area contributed by atoms with E-state index in [2.05, 4.69) is 51.8 Å². The Hall–Kier alpha value is -1.73. The summed E-state index contributed by atoms with van der Waals surface area (Å²) in [5, 5.41) is 2.83. The fourth-order valence-corrected chi connectivity index (χ4v) is 10.1. The van der Waals surface area contributed by atoms with Gasteiger partial charge in [-0.1, -0.05) is 41.5 Å². The zero-order valence-corrected chi connectivity index (χ0v) is 19.4. The largest absolute Gasteiger partial charge is 0.402 e. The van der Waals surface area contributed by atoms with Crippen LogP contribution in [-0.4, -0.2) is 42.3 Å². The fraction of sp³-hybridized carbons (Fsp3) is 0.667. The van der Waals surface area contributed by atoms with Crippen molar-refractivity contribution in [3.05, 3.63) is 30.1 Å². The van der Waals surface area contributed by atoms with Gasteiger partial charge in [0.05, 0.1) is 0 Å². The Morgan fingerprint density at radius 3 is 1.96 bits per heavy atom. The molecular formula is C21H35N3O3Si. The standard InChI is InChI=1S/C21H35N3O3Si/c1-13(2)23-21(26)24-18(17-9-11-22-12-10-17)19(20(24)25)27-28(14(3)4,15(5)6)16(7)8/h9-16,18-19H,1-8H3,(H,23,26)/t18-,19+/m0/s1. The van der Waals surface area contributed by atoms with Crippen molar-refractivity contribution in [2.75, 3.05) is 0 Å². The first kappa shape index (κ1) is 22.6. The summed E-state index contributed by atoms with van der Waals surface area (Å²) in [7, 11) is -2.27. The SMILES string of the molecule is CC(C)NC(=O)N1C(=O)[C@H](O[Si](C(C)C)(C(C)C)C(C)C)[C@@H]1c1ccncc1. The number of hydrogen-bond donors (Lipinski definition) is 1. The van der Waals surface area contributed by atoms with E-state index in [4.69, 9.17) is 4.43 Å². The molecular weight excluding hydrogens is 370 g/mol. The van der Waals surface area contributed by atoms with Gasteiger partial charge in [-0.2, -0.15) is 0 Å². The minimum atomic E-state index is -2.27. The molecule has 1 N–H and O–H groups in total. The van der Waals surface area contributed by atoms with Gasteiger partial charge in [0.1, 0.15) is 6.04 Å². The van der Waals surface area contributed by atoms with E-state index < -0.39 is 20.5 Å². The van der Waals surface area contributed by atoms with E-state index in [0.717, 1.165) is 5.56 Å². The Bertz CT molecular complexity index is 670. The van der Waals surface area contributed by atoms with Crippen molar-refractivity contribution in [2.45, 2.75) is 90.2 Å². The van der Waals surface area contributed by atoms with E-state index in [1.807, 2.05) is 26.0 Å². The molecule has 0 aliphatic carbocycles. The number of hydrogen-bond acceptors (Lipinski definition) is 4. The first-order chi connectivity index (χ1) is 13.0. The molecule has 2 atom stereocenters. The number of β-lactam (4-membered cyclic amide) rings is 1. The lowest BCUT2D eigenvalue weighted by molar-refractivity contribution is -0.158. The van der Waals surface area contributed by atoms with E-state index in [0.29, 0.717) is 16.6 Å². The monoisotopic (exact) mass is 405 g/mol. The highest BCUT2D eigenvalue weighted by Crippen LogP contribution is 2.47. The molecule has 7 heteroatoms. The van der Waals surface area contributed by atoms with Crippen LogP contribution in [0, 0.1) is 0 Å². The van der Waals surface area contributed by atoms with E-state index in [9.17, 15) is 9.59 Å². The summed E-state index contributed by atoms with van der Waals surface area (Å²) in [6, 6.07) is 2.87. The molecule has 6 nitrogen and oxygen atoms in total. The molecule has 3 amide bonds. The summed E-state index contributed by atoms with van der Waals surface area (Å²) >= 11 is 0. The third kappa shape index (κ3) is 4.01. The maximum Gasteiger partial charge on any atom is 0.325 e. The number of urea groups is 1. The van der Waals surface area contributed by atoms with Crippen LogP contribution in [-0.2, 0) is 9.22 Å². The highest BCUT2D eigenvalue weighted by molar-refractivity contribution is 6.77. The number of pyridine rings is 1. The van der Waals surface area contributed by atoms with Crippen LogP contribution in [0.2, 0.25) is 16.6 Å². The summed E-state index contributed by atoms with van der Waals surface area (Å²) in [4.78, 5) is 31.1. The second-order valence-electron chi connectivity index (χ2n) is 8.89. The number of carbonyl (C=O) groups excluding carboxylic acids is 2. The molecule has 2 rings (SSSR count). The summed E-state index contributed by atoms with van der Waals surface area (Å²) in [5.41, 5.74) is 1.95. The normalized spacial score (nSPS) is 20.3. The third-order valence-corrected chi connectivity index (χ3v) is 11.8. The molecule has 1 saturated heterocycles. The number of rotatable bonds is 7. The molecule has 2 heterocycles. The Labute approximate surface area is 170 Å². The van der Waals surface area contributed by atoms with E-state index in [1.54, 1.807) is 12.4 Å². The number of amides is 3. The van der Waals surface area contributed by atoms with Crippen LogP contribution in [0.4, 0.5) is 4.79 Å². The van der Waals surface area contributed by atoms with Gasteiger partial charge in [-0.3, -0.25) is 14.7 Å². The van der Waals surface area contributed by atoms with E-state index >= 15 is 0 Å². The number of aromatic nitrogens is 1. The van der Waals surface area contributed by atoms with Gasteiger partial charge in [-0.15, -0.1) is 0 Å². The molecule has 0 aromatic carbocycles. The zero-order valence-electron chi connectivity index (χ0n) is 18.4. The van der Waals surface area contributed by atoms with Gasteiger partial charge in [-0.25, -0.2) is 4.79 Å². The lowest BCUT2D eigenvalue weighted by Crippen LogP contribution is -2.68. The molecule has 0 spiro atoms. The van der Waals surface area contributed by atoms with Crippen molar-refractivity contribution < 1.29 is 14.0 Å². The van der Waals surface area contributed by atoms with Crippen LogP contribution in [0.3, 0.4) is 0 Å². The summed E-state index contributed by atoms with van der Waals surface area (Å²) in [5.74, 6) is -0.251. The Morgan fingerprint density at radius 2 is 1.54 bits per heavy atom. The predicted molar refractivity (Wildman–Crippen MR) is 113 cm³/mol. The van der Waals surface area contributed by atoms with Crippen molar-refractivity contribution in [1.29, 1.82) is 0 Å². The number of imide groups is 1. The smallest absolute Gasteiger partial charge is 0.325 e. The molecule has 0 unspecified atom stereocenters. The minimum absolute atomic E-state index is 0.0474. The average Bonchev–Trinajstić information content (AvgIpc) is 2.59. The Morgan fingerprint density at radius 1 is 1.04 bits per heavy atom. The van der Waals surface area contributed by atoms with Gasteiger partial charge < -0.3 is 9.74 Å². The number of likely N-dealkylation sites (tertiary alicyclic amines) is 1. The summed E-state index contributed by atoms with van der Waals surface area (Å²) in [6.07, 6.45) is 2.75. The van der Waals surface area contributed by atoms with Gasteiger partial charge in [-0.05, 0) is 48.2 Å². The molecule has 1 aromatic rings. The number of carbonyl (C=O) groups is 2. The van der Waals surface area contributed by atoms with Gasteiger partial charge in [0.15, 0.2) is 6.10 Å². The lowest BCUT2D eigenvalue weighted by atomic mass is 9.92. The molecule has 1 fully saturated rings. The van der Waals surface area contributed by atoms with Crippen molar-refractivity contribution in [3.63, 3.8) is 0 Å². The van der Waals surface area contributed by atoms with Crippen LogP contribution in [0.5, 0.6) is 0 Å².